The number of hydrogen-bond acceptors (Lipinski definition) is 4. The van der Waals surface area contributed by atoms with E-state index in [4.69, 9.17) is 11.6 Å². The van der Waals surface area contributed by atoms with E-state index in [1.807, 2.05) is 6.08 Å². The van der Waals surface area contributed by atoms with Crippen molar-refractivity contribution in [2.75, 3.05) is 13.1 Å². The fourth-order valence-electron chi connectivity index (χ4n) is 2.39. The van der Waals surface area contributed by atoms with Gasteiger partial charge < -0.3 is 10.6 Å². The third-order valence-electron chi connectivity index (χ3n) is 3.71. The van der Waals surface area contributed by atoms with E-state index < -0.39 is 0 Å². The van der Waals surface area contributed by atoms with Crippen LogP contribution in [0.25, 0.3) is 0 Å². The molecule has 0 bridgehead atoms. The topological polar surface area (TPSA) is 70.6 Å². The molecule has 0 saturated carbocycles. The molecule has 2 N–H and O–H groups in total. The first-order valence-corrected chi connectivity index (χ1v) is 9.15. The fourth-order valence-corrected chi connectivity index (χ4v) is 2.80. The van der Waals surface area contributed by atoms with E-state index in [0.29, 0.717) is 28.4 Å². The van der Waals surface area contributed by atoms with Gasteiger partial charge in [0, 0.05) is 35.6 Å². The third kappa shape index (κ3) is 6.92. The maximum atomic E-state index is 12.1. The lowest BCUT2D eigenvalue weighted by molar-refractivity contribution is -0.120. The van der Waals surface area contributed by atoms with E-state index in [2.05, 4.69) is 28.3 Å². The fraction of sp³-hybridized carbons (Fsp3) is 0.389. The molecule has 0 atom stereocenters. The molecular weight excluding hydrogens is 358 g/mol. The highest BCUT2D eigenvalue weighted by molar-refractivity contribution is 7.80. The third-order valence-corrected chi connectivity index (χ3v) is 4.33. The van der Waals surface area contributed by atoms with Crippen LogP contribution in [0.2, 0.25) is 5.02 Å². The molecule has 0 aliphatic carbocycles. The van der Waals surface area contributed by atoms with Gasteiger partial charge in [-0.15, -0.1) is 12.6 Å². The highest BCUT2D eigenvalue weighted by Crippen LogP contribution is 2.19. The molecule has 1 heterocycles. The molecule has 5 nitrogen and oxygen atoms in total. The molecule has 0 radical (unpaired) electrons. The van der Waals surface area contributed by atoms with Gasteiger partial charge in [0.1, 0.15) is 0 Å². The van der Waals surface area contributed by atoms with Crippen LogP contribution in [0.3, 0.4) is 0 Å². The monoisotopic (exact) mass is 379 g/mol. The number of hydrogen-bond donors (Lipinski definition) is 3. The number of rotatable bonds is 8. The average molecular weight is 380 g/mol. The maximum absolute atomic E-state index is 12.1. The van der Waals surface area contributed by atoms with Gasteiger partial charge in [0.2, 0.25) is 5.91 Å². The summed E-state index contributed by atoms with van der Waals surface area (Å²) in [6.07, 6.45) is 7.46. The first-order valence-electron chi connectivity index (χ1n) is 8.33. The minimum Gasteiger partial charge on any atom is -0.352 e. The number of halogens is 1. The summed E-state index contributed by atoms with van der Waals surface area (Å²) in [5.41, 5.74) is 1.25. The van der Waals surface area contributed by atoms with Crippen molar-refractivity contribution in [3.8, 4) is 0 Å². The highest BCUT2D eigenvalue weighted by Gasteiger charge is 2.09. The zero-order chi connectivity index (χ0) is 18.1. The summed E-state index contributed by atoms with van der Waals surface area (Å²) in [6, 6.07) is 5.00. The summed E-state index contributed by atoms with van der Waals surface area (Å²) in [7, 11) is 0. The quantitative estimate of drug-likeness (QED) is 0.478. The Hall–Kier alpha value is -1.79. The number of unbranched alkanes of at least 4 members (excludes halogenated alkanes) is 2. The van der Waals surface area contributed by atoms with Gasteiger partial charge in [-0.25, -0.2) is 0 Å². The Kier molecular flexibility index (Phi) is 8.01. The lowest BCUT2D eigenvalue weighted by Crippen LogP contribution is -2.25. The predicted molar refractivity (Wildman–Crippen MR) is 104 cm³/mol. The minimum absolute atomic E-state index is 0.00211. The molecule has 0 saturated heterocycles. The normalized spacial score (nSPS) is 13.3. The SMILES string of the molecule is O=C(CCCCCNC(=O)c1cc(Cl)ccc1S)NC1=CCCN=C1. The van der Waals surface area contributed by atoms with E-state index in [1.165, 1.54) is 0 Å². The first kappa shape index (κ1) is 19.5. The maximum Gasteiger partial charge on any atom is 0.252 e. The zero-order valence-corrected chi connectivity index (χ0v) is 15.6. The number of nitrogens with one attached hydrogen (secondary N) is 2. The molecule has 0 unspecified atom stereocenters. The number of dihydropyridines is 1. The molecule has 1 aliphatic heterocycles. The van der Waals surface area contributed by atoms with Crippen LogP contribution >= 0.6 is 24.2 Å². The van der Waals surface area contributed by atoms with Crippen LogP contribution in [0.15, 0.2) is 39.9 Å². The van der Waals surface area contributed by atoms with Gasteiger partial charge >= 0.3 is 0 Å². The number of allylic oxidation sites excluding steroid dienone is 1. The first-order chi connectivity index (χ1) is 12.1. The number of carbonyl (C=O) groups excluding carboxylic acids is 2. The van der Waals surface area contributed by atoms with Gasteiger partial charge in [0.05, 0.1) is 11.3 Å². The number of carbonyl (C=O) groups is 2. The van der Waals surface area contributed by atoms with E-state index in [0.717, 1.165) is 37.9 Å². The molecule has 2 rings (SSSR count). The summed E-state index contributed by atoms with van der Waals surface area (Å²) >= 11 is 10.2. The Morgan fingerprint density at radius 2 is 2.08 bits per heavy atom. The molecule has 2 amide bonds. The molecule has 25 heavy (non-hydrogen) atoms. The van der Waals surface area contributed by atoms with Crippen molar-refractivity contribution in [3.63, 3.8) is 0 Å². The van der Waals surface area contributed by atoms with Crippen molar-refractivity contribution in [3.05, 3.63) is 40.6 Å². The molecule has 1 aromatic carbocycles. The van der Waals surface area contributed by atoms with Crippen molar-refractivity contribution in [2.24, 2.45) is 4.99 Å². The number of thiol groups is 1. The standard InChI is InChI=1S/C18H22ClN3O2S/c19-13-7-8-16(25)15(11-13)18(24)21-10-3-1-2-6-17(23)22-14-5-4-9-20-12-14/h5,7-8,11-12,25H,1-4,6,9-10H2,(H,21,24)(H,22,23). The van der Waals surface area contributed by atoms with E-state index >= 15 is 0 Å². The number of aliphatic imine (C=N–C) groups is 1. The summed E-state index contributed by atoms with van der Waals surface area (Å²) in [5.74, 6) is -0.184. The van der Waals surface area contributed by atoms with Crippen LogP contribution < -0.4 is 10.6 Å². The predicted octanol–water partition coefficient (Wildman–Crippen LogP) is 3.39. The second-order valence-electron chi connectivity index (χ2n) is 5.76. The minimum atomic E-state index is -0.186. The Labute approximate surface area is 158 Å². The lowest BCUT2D eigenvalue weighted by atomic mass is 10.1. The molecule has 0 fully saturated rings. The van der Waals surface area contributed by atoms with Gasteiger partial charge in [0.25, 0.3) is 5.91 Å². The van der Waals surface area contributed by atoms with Gasteiger partial charge in [-0.3, -0.25) is 14.6 Å². The van der Waals surface area contributed by atoms with Crippen LogP contribution in [0, 0.1) is 0 Å². The van der Waals surface area contributed by atoms with E-state index in [9.17, 15) is 9.59 Å². The second kappa shape index (κ2) is 10.3. The van der Waals surface area contributed by atoms with Gasteiger partial charge in [0.15, 0.2) is 0 Å². The molecule has 0 aromatic heterocycles. The van der Waals surface area contributed by atoms with Crippen LogP contribution in [-0.2, 0) is 4.79 Å². The van der Waals surface area contributed by atoms with Crippen LogP contribution in [0.1, 0.15) is 42.5 Å². The van der Waals surface area contributed by atoms with Crippen molar-refractivity contribution >= 4 is 42.3 Å². The van der Waals surface area contributed by atoms with E-state index in [-0.39, 0.29) is 11.8 Å². The van der Waals surface area contributed by atoms with Gasteiger partial charge in [-0.1, -0.05) is 24.1 Å². The molecule has 0 spiro atoms. The lowest BCUT2D eigenvalue weighted by Gasteiger charge is -2.09. The Balaban J connectivity index is 1.59. The van der Waals surface area contributed by atoms with Crippen molar-refractivity contribution in [1.82, 2.24) is 10.6 Å². The van der Waals surface area contributed by atoms with Crippen LogP contribution in [0.4, 0.5) is 0 Å². The summed E-state index contributed by atoms with van der Waals surface area (Å²) < 4.78 is 0. The van der Waals surface area contributed by atoms with Gasteiger partial charge in [-0.2, -0.15) is 0 Å². The Morgan fingerprint density at radius 1 is 1.24 bits per heavy atom. The van der Waals surface area contributed by atoms with Gasteiger partial charge in [-0.05, 0) is 37.5 Å². The summed E-state index contributed by atoms with van der Waals surface area (Å²) in [6.45, 7) is 1.34. The largest absolute Gasteiger partial charge is 0.352 e. The van der Waals surface area contributed by atoms with Crippen LogP contribution in [-0.4, -0.2) is 31.1 Å². The molecule has 134 valence electrons. The van der Waals surface area contributed by atoms with Crippen molar-refractivity contribution in [2.45, 2.75) is 37.0 Å². The second-order valence-corrected chi connectivity index (χ2v) is 6.68. The van der Waals surface area contributed by atoms with Crippen molar-refractivity contribution < 1.29 is 9.59 Å². The molecule has 7 heteroatoms. The Morgan fingerprint density at radius 3 is 2.84 bits per heavy atom. The van der Waals surface area contributed by atoms with E-state index in [1.54, 1.807) is 24.4 Å². The summed E-state index contributed by atoms with van der Waals surface area (Å²) in [5, 5.41) is 6.20. The number of amides is 2. The van der Waals surface area contributed by atoms with Crippen molar-refractivity contribution in [1.29, 1.82) is 0 Å². The zero-order valence-electron chi connectivity index (χ0n) is 13.9. The number of benzene rings is 1. The highest BCUT2D eigenvalue weighted by atomic mass is 35.5. The number of nitrogens with zero attached hydrogens (tertiary/aromatic N) is 1. The van der Waals surface area contributed by atoms with Crippen LogP contribution in [0.5, 0.6) is 0 Å². The smallest absolute Gasteiger partial charge is 0.252 e. The Bertz CT molecular complexity index is 689. The molecular formula is C18H22ClN3O2S. The average Bonchev–Trinajstić information content (AvgIpc) is 2.60. The molecule has 1 aromatic rings. The summed E-state index contributed by atoms with van der Waals surface area (Å²) in [4.78, 5) is 28.6. The molecule has 1 aliphatic rings.